The van der Waals surface area contributed by atoms with E-state index in [4.69, 9.17) is 5.73 Å². The SMILES string of the molecule is NC(=O)c1c(CO)csc1NC(=O)Cn1nc(C(F)(F)F)c2c1CCCC2. The Morgan fingerprint density at radius 2 is 2.04 bits per heavy atom. The molecule has 3 rings (SSSR count). The van der Waals surface area contributed by atoms with Crippen molar-refractivity contribution in [3.05, 3.63) is 33.5 Å². The summed E-state index contributed by atoms with van der Waals surface area (Å²) >= 11 is 1.00. The number of hydrogen-bond acceptors (Lipinski definition) is 5. The fraction of sp³-hybridized carbons (Fsp3) is 0.438. The van der Waals surface area contributed by atoms with E-state index in [1.807, 2.05) is 0 Å². The molecule has 0 unspecified atom stereocenters. The first kappa shape index (κ1) is 19.4. The summed E-state index contributed by atoms with van der Waals surface area (Å²) in [5.41, 5.74) is 5.17. The van der Waals surface area contributed by atoms with Gasteiger partial charge in [-0.2, -0.15) is 18.3 Å². The van der Waals surface area contributed by atoms with Crippen molar-refractivity contribution in [1.82, 2.24) is 9.78 Å². The Kier molecular flexibility index (Phi) is 5.24. The van der Waals surface area contributed by atoms with E-state index in [0.29, 0.717) is 18.5 Å². The van der Waals surface area contributed by atoms with Crippen LogP contribution in [0.2, 0.25) is 0 Å². The van der Waals surface area contributed by atoms with Gasteiger partial charge >= 0.3 is 6.18 Å². The Hall–Kier alpha value is -2.40. The summed E-state index contributed by atoms with van der Waals surface area (Å²) in [6.07, 6.45) is -2.50. The van der Waals surface area contributed by atoms with E-state index in [2.05, 4.69) is 10.4 Å². The van der Waals surface area contributed by atoms with E-state index in [-0.39, 0.29) is 28.1 Å². The van der Waals surface area contributed by atoms with Gasteiger partial charge < -0.3 is 16.2 Å². The number of nitrogens with zero attached hydrogens (tertiary/aromatic N) is 2. The van der Waals surface area contributed by atoms with Crippen LogP contribution < -0.4 is 11.1 Å². The molecule has 7 nitrogen and oxygen atoms in total. The molecule has 27 heavy (non-hydrogen) atoms. The molecule has 0 fully saturated rings. The van der Waals surface area contributed by atoms with Crippen molar-refractivity contribution >= 4 is 28.2 Å². The van der Waals surface area contributed by atoms with E-state index in [9.17, 15) is 27.9 Å². The minimum absolute atomic E-state index is 0.00525. The molecule has 1 aliphatic rings. The fourth-order valence-electron chi connectivity index (χ4n) is 3.20. The second kappa shape index (κ2) is 7.31. The molecular weight excluding hydrogens is 385 g/mol. The molecule has 2 aromatic heterocycles. The molecule has 0 saturated heterocycles. The maximum Gasteiger partial charge on any atom is 0.435 e. The molecule has 146 valence electrons. The van der Waals surface area contributed by atoms with Crippen molar-refractivity contribution < 1.29 is 27.9 Å². The zero-order chi connectivity index (χ0) is 19.8. The number of amides is 2. The summed E-state index contributed by atoms with van der Waals surface area (Å²) in [5, 5.41) is 17.0. The number of nitrogens with one attached hydrogen (secondary N) is 1. The number of anilines is 1. The highest BCUT2D eigenvalue weighted by Crippen LogP contribution is 2.36. The number of aromatic nitrogens is 2. The van der Waals surface area contributed by atoms with Gasteiger partial charge in [0.15, 0.2) is 5.69 Å². The number of thiophene rings is 1. The largest absolute Gasteiger partial charge is 0.435 e. The molecule has 2 aromatic rings. The summed E-state index contributed by atoms with van der Waals surface area (Å²) in [7, 11) is 0. The Balaban J connectivity index is 1.84. The van der Waals surface area contributed by atoms with Gasteiger partial charge in [0.1, 0.15) is 11.5 Å². The van der Waals surface area contributed by atoms with Gasteiger partial charge in [0, 0.05) is 16.8 Å². The van der Waals surface area contributed by atoms with Gasteiger partial charge in [-0.3, -0.25) is 14.3 Å². The number of aliphatic hydroxyl groups excluding tert-OH is 1. The quantitative estimate of drug-likeness (QED) is 0.711. The molecule has 0 bridgehead atoms. The average Bonchev–Trinajstić information content (AvgIpc) is 3.16. The van der Waals surface area contributed by atoms with Crippen LogP contribution in [-0.2, 0) is 37.0 Å². The summed E-state index contributed by atoms with van der Waals surface area (Å²) in [6, 6.07) is 0. The molecule has 1 aliphatic carbocycles. The predicted octanol–water partition coefficient (Wildman–Crippen LogP) is 2.07. The standard InChI is InChI=1S/C16H17F3N4O3S/c17-16(18,19)13-9-3-1-2-4-10(9)23(22-13)5-11(25)21-15-12(14(20)26)8(6-24)7-27-15/h7,24H,1-6H2,(H2,20,26)(H,21,25). The molecule has 2 heterocycles. The van der Waals surface area contributed by atoms with E-state index in [1.54, 1.807) is 0 Å². The van der Waals surface area contributed by atoms with Crippen LogP contribution in [0.5, 0.6) is 0 Å². The number of carbonyl (C=O) groups excluding carboxylic acids is 2. The average molecular weight is 402 g/mol. The highest BCUT2D eigenvalue weighted by Gasteiger charge is 2.39. The van der Waals surface area contributed by atoms with Crippen LogP contribution in [0.25, 0.3) is 0 Å². The Bertz CT molecular complexity index is 888. The third kappa shape index (κ3) is 3.83. The van der Waals surface area contributed by atoms with Gasteiger partial charge in [0.2, 0.25) is 5.91 Å². The van der Waals surface area contributed by atoms with Gasteiger partial charge in [-0.05, 0) is 31.1 Å². The molecule has 0 aromatic carbocycles. The van der Waals surface area contributed by atoms with E-state index in [0.717, 1.165) is 22.4 Å². The zero-order valence-electron chi connectivity index (χ0n) is 14.1. The minimum Gasteiger partial charge on any atom is -0.392 e. The van der Waals surface area contributed by atoms with Crippen LogP contribution in [0, 0.1) is 0 Å². The summed E-state index contributed by atoms with van der Waals surface area (Å²) in [5.74, 6) is -1.44. The monoisotopic (exact) mass is 402 g/mol. The Morgan fingerprint density at radius 1 is 1.33 bits per heavy atom. The second-order valence-corrected chi connectivity index (χ2v) is 7.05. The summed E-state index contributed by atoms with van der Waals surface area (Å²) in [6.45, 7) is -0.838. The Morgan fingerprint density at radius 3 is 2.67 bits per heavy atom. The third-order valence-electron chi connectivity index (χ3n) is 4.36. The van der Waals surface area contributed by atoms with Crippen molar-refractivity contribution in [2.24, 2.45) is 5.73 Å². The maximum absolute atomic E-state index is 13.2. The van der Waals surface area contributed by atoms with Crippen molar-refractivity contribution in [2.75, 3.05) is 5.32 Å². The molecule has 0 radical (unpaired) electrons. The predicted molar refractivity (Wildman–Crippen MR) is 91.3 cm³/mol. The lowest BCUT2D eigenvalue weighted by atomic mass is 9.95. The van der Waals surface area contributed by atoms with Gasteiger partial charge in [-0.25, -0.2) is 0 Å². The number of carbonyl (C=O) groups is 2. The fourth-order valence-corrected chi connectivity index (χ4v) is 4.18. The van der Waals surface area contributed by atoms with Gasteiger partial charge in [-0.15, -0.1) is 11.3 Å². The zero-order valence-corrected chi connectivity index (χ0v) is 14.9. The van der Waals surface area contributed by atoms with Gasteiger partial charge in [0.05, 0.1) is 12.2 Å². The molecule has 11 heteroatoms. The highest BCUT2D eigenvalue weighted by atomic mass is 32.1. The molecule has 0 atom stereocenters. The number of halogens is 3. The number of aliphatic hydroxyl groups is 1. The number of primary amides is 1. The van der Waals surface area contributed by atoms with Crippen molar-refractivity contribution in [1.29, 1.82) is 0 Å². The number of fused-ring (bicyclic) bond motifs is 1. The van der Waals surface area contributed by atoms with Crippen LogP contribution in [0.3, 0.4) is 0 Å². The Labute approximate surface area is 156 Å². The molecule has 0 saturated carbocycles. The third-order valence-corrected chi connectivity index (χ3v) is 5.30. The lowest BCUT2D eigenvalue weighted by molar-refractivity contribution is -0.142. The smallest absolute Gasteiger partial charge is 0.392 e. The lowest BCUT2D eigenvalue weighted by Gasteiger charge is -2.14. The highest BCUT2D eigenvalue weighted by molar-refractivity contribution is 7.15. The first-order chi connectivity index (χ1) is 12.7. The molecule has 0 aliphatic heterocycles. The van der Waals surface area contributed by atoms with E-state index >= 15 is 0 Å². The second-order valence-electron chi connectivity index (χ2n) is 6.17. The van der Waals surface area contributed by atoms with Gasteiger partial charge in [0.25, 0.3) is 5.91 Å². The molecular formula is C16H17F3N4O3S. The number of hydrogen-bond donors (Lipinski definition) is 3. The van der Waals surface area contributed by atoms with E-state index < -0.39 is 36.8 Å². The first-order valence-electron chi connectivity index (χ1n) is 8.19. The molecule has 0 spiro atoms. The lowest BCUT2D eigenvalue weighted by Crippen LogP contribution is -2.23. The van der Waals surface area contributed by atoms with Gasteiger partial charge in [-0.1, -0.05) is 0 Å². The van der Waals surface area contributed by atoms with Crippen molar-refractivity contribution in [2.45, 2.75) is 45.0 Å². The van der Waals surface area contributed by atoms with Crippen molar-refractivity contribution in [3.63, 3.8) is 0 Å². The number of nitrogens with two attached hydrogens (primary N) is 1. The topological polar surface area (TPSA) is 110 Å². The van der Waals surface area contributed by atoms with E-state index in [1.165, 1.54) is 5.38 Å². The first-order valence-corrected chi connectivity index (χ1v) is 9.07. The van der Waals surface area contributed by atoms with Crippen LogP contribution in [0.1, 0.15) is 45.7 Å². The van der Waals surface area contributed by atoms with Crippen LogP contribution in [0.4, 0.5) is 18.2 Å². The van der Waals surface area contributed by atoms with Crippen LogP contribution in [-0.4, -0.2) is 26.7 Å². The van der Waals surface area contributed by atoms with Crippen molar-refractivity contribution in [3.8, 4) is 0 Å². The summed E-state index contributed by atoms with van der Waals surface area (Å²) in [4.78, 5) is 23.9. The summed E-state index contributed by atoms with van der Waals surface area (Å²) < 4.78 is 40.7. The number of alkyl halides is 3. The molecule has 2 amide bonds. The molecule has 4 N–H and O–H groups in total. The normalized spacial score (nSPS) is 14.1. The van der Waals surface area contributed by atoms with Crippen LogP contribution in [0.15, 0.2) is 5.38 Å². The van der Waals surface area contributed by atoms with Crippen LogP contribution >= 0.6 is 11.3 Å². The minimum atomic E-state index is -4.58. The maximum atomic E-state index is 13.2. The number of rotatable bonds is 5.